The van der Waals surface area contributed by atoms with E-state index in [0.29, 0.717) is 0 Å². The lowest BCUT2D eigenvalue weighted by atomic mass is 8.29. The second-order valence-corrected chi connectivity index (χ2v) is 16.4. The molecule has 0 aliphatic carbocycles. The van der Waals surface area contributed by atoms with Crippen LogP contribution in [-0.4, -0.2) is 413 Å². The second kappa shape index (κ2) is 27.7. The third-order valence-electron chi connectivity index (χ3n) is 12.3. The van der Waals surface area contributed by atoms with E-state index in [4.69, 9.17) is 240 Å². The molecule has 0 rings (SSSR count). The van der Waals surface area contributed by atoms with Gasteiger partial charge in [0.1, 0.15) is 0 Å². The van der Waals surface area contributed by atoms with Crippen molar-refractivity contribution in [3.8, 4) is 0 Å². The molecule has 0 fully saturated rings. The molecule has 0 amide bonds. The lowest BCUT2D eigenvalue weighted by Gasteiger charge is -2.71. The molecule has 0 aromatic heterocycles. The van der Waals surface area contributed by atoms with Gasteiger partial charge in [-0.05, 0) is 0 Å². The van der Waals surface area contributed by atoms with Crippen LogP contribution in [0.3, 0.4) is 0 Å². The largest absolute Gasteiger partial charge is 0.169 e. The van der Waals surface area contributed by atoms with E-state index in [1.165, 1.54) is 0 Å². The summed E-state index contributed by atoms with van der Waals surface area (Å²) in [4.78, 5) is 0. The molecule has 62 radical (unpaired) electrons. The predicted octanol–water partition coefficient (Wildman–Crippen LogP) is -21.9. The highest BCUT2D eigenvalue weighted by molar-refractivity contribution is 8.21. The summed E-state index contributed by atoms with van der Waals surface area (Å²) in [5.41, 5.74) is 0. The Bertz CT molecular complexity index is 873. The van der Waals surface area contributed by atoms with Crippen LogP contribution in [0, 0.1) is 0 Å². The van der Waals surface area contributed by atoms with Gasteiger partial charge in [0.25, 0.3) is 0 Å². The van der Waals surface area contributed by atoms with Gasteiger partial charge in [-0.3, -0.25) is 0 Å². The Kier molecular flexibility index (Phi) is 29.5. The van der Waals surface area contributed by atoms with Gasteiger partial charge in [-0.15, -0.1) is 0 Å². The van der Waals surface area contributed by atoms with Gasteiger partial charge in [-0.2, -0.15) is 5.01 Å². The molecule has 58 heteroatoms. The fourth-order valence-electron chi connectivity index (χ4n) is 10.4. The highest BCUT2D eigenvalue weighted by atomic mass is 13.9. The molecule has 178 valence electrons. The lowest BCUT2D eigenvalue weighted by Crippen LogP contribution is -2.97. The van der Waals surface area contributed by atoms with Crippen molar-refractivity contribution in [3.63, 3.8) is 0 Å². The van der Waals surface area contributed by atoms with E-state index in [0.717, 1.165) is 0 Å². The van der Waals surface area contributed by atoms with E-state index in [1.54, 1.807) is 0 Å². The van der Waals surface area contributed by atoms with E-state index in [2.05, 4.69) is 0 Å². The fraction of sp³-hybridized carbons (Fsp3) is 1.00. The Labute approximate surface area is 414 Å². The molecule has 0 aromatic rings. The van der Waals surface area contributed by atoms with E-state index < -0.39 is 178 Å². The average Bonchev–Trinajstić information content (AvgIpc) is 3.01. The highest BCUT2D eigenvalue weighted by Crippen LogP contribution is 2.48. The van der Waals surface area contributed by atoms with E-state index in [1.807, 2.05) is 0 Å². The van der Waals surface area contributed by atoms with Crippen molar-refractivity contribution in [2.75, 3.05) is 0 Å². The van der Waals surface area contributed by atoms with Crippen LogP contribution >= 0.6 is 0 Å². The smallest absolute Gasteiger partial charge is 0.0242 e. The molecule has 0 spiro atoms. The average molecular weight is 639 g/mol. The molecular weight excluding hydrogens is 639 g/mol. The zero-order valence-electron chi connectivity index (χ0n) is 34.0. The van der Waals surface area contributed by atoms with Gasteiger partial charge in [0.05, 0.1) is 0 Å². The van der Waals surface area contributed by atoms with Crippen molar-refractivity contribution in [1.82, 2.24) is 0 Å². The van der Waals surface area contributed by atoms with Crippen LogP contribution in [-0.2, 0) is 0 Å². The Balaban J connectivity index is 11.4. The van der Waals surface area contributed by atoms with Crippen molar-refractivity contribution in [3.05, 3.63) is 0 Å². The van der Waals surface area contributed by atoms with Crippen LogP contribution in [0.5, 0.6) is 0 Å². The second-order valence-electron chi connectivity index (χ2n) is 16.4. The molecule has 0 saturated heterocycles. The van der Waals surface area contributed by atoms with Crippen molar-refractivity contribution in [1.29, 1.82) is 0 Å². The van der Waals surface area contributed by atoms with Crippen LogP contribution in [0.25, 0.3) is 0 Å². The first-order valence-corrected chi connectivity index (χ1v) is 19.2. The van der Waals surface area contributed by atoms with Gasteiger partial charge in [-0.1, -0.05) is 0 Å². The summed E-state index contributed by atoms with van der Waals surface area (Å²) >= 11 is 0. The summed E-state index contributed by atoms with van der Waals surface area (Å²) < 4.78 is 0. The summed E-state index contributed by atoms with van der Waals surface area (Å²) in [7, 11) is 207. The number of rotatable bonds is 27. The maximum Gasteiger partial charge on any atom is 0.0242 e. The van der Waals surface area contributed by atoms with Gasteiger partial charge in [-0.25, -0.2) is 0 Å². The van der Waals surface area contributed by atoms with E-state index in [-0.39, 0.29) is 0 Å². The monoisotopic (exact) mass is 651 g/mol. The summed E-state index contributed by atoms with van der Waals surface area (Å²) in [6, 6.07) is 0. The standard InChI is InChI=1S/CB58/c2-37(3)52(32)33(53(38(4)5)39(6)7)1(34(54(40(8)9)41(10)11)55(42(12)13)43(14)15,35(56(44(16)17)45(18)19)57(46(20)21)47(22)23)36(58(48(24)25)49(26)27)59(50(28)29)51(30)31. The normalized spacial score (nSPS) is 10.1. The van der Waals surface area contributed by atoms with Crippen molar-refractivity contribution >= 4 is 413 Å². The first kappa shape index (κ1) is 62.8. The summed E-state index contributed by atoms with van der Waals surface area (Å²) in [6.07, 6.45) is -36.3. The molecule has 59 heavy (non-hydrogen) atoms. The lowest BCUT2D eigenvalue weighted by molar-refractivity contribution is 1.59. The zero-order chi connectivity index (χ0) is 47.1. The summed E-state index contributed by atoms with van der Waals surface area (Å²) in [5.74, 6) is 0. The Morgan fingerprint density at radius 1 is 0.153 bits per heavy atom. The van der Waals surface area contributed by atoms with Gasteiger partial charge in [0.15, 0.2) is 0 Å². The Morgan fingerprint density at radius 2 is 0.271 bits per heavy atom. The Morgan fingerprint density at radius 3 is 0.373 bits per heavy atom. The fourth-order valence-corrected chi connectivity index (χ4v) is 10.4. The molecule has 0 aromatic carbocycles. The topological polar surface area (TPSA) is 0 Å². The third-order valence-corrected chi connectivity index (χ3v) is 12.3. The quantitative estimate of drug-likeness (QED) is 0.0785. The van der Waals surface area contributed by atoms with Crippen LogP contribution in [0.1, 0.15) is 0 Å². The number of hydrogen-bond acceptors (Lipinski definition) is 0. The van der Waals surface area contributed by atoms with Gasteiger partial charge >= 0.3 is 0 Å². The zero-order valence-corrected chi connectivity index (χ0v) is 34.0. The van der Waals surface area contributed by atoms with Gasteiger partial charge < -0.3 is 0 Å². The van der Waals surface area contributed by atoms with Crippen LogP contribution < -0.4 is 0 Å². The predicted molar refractivity (Wildman–Crippen MR) is 336 cm³/mol. The van der Waals surface area contributed by atoms with Crippen LogP contribution in [0.15, 0.2) is 0 Å². The molecule has 0 saturated carbocycles. The molecule has 0 nitrogen and oxygen atoms in total. The van der Waals surface area contributed by atoms with Crippen molar-refractivity contribution < 1.29 is 0 Å². The molecule has 0 atom stereocenters. The van der Waals surface area contributed by atoms with Gasteiger partial charge in [0, 0.05) is 413 Å². The molecule has 0 unspecified atom stereocenters. The molecule has 0 aliphatic heterocycles. The van der Waals surface area contributed by atoms with Gasteiger partial charge in [0.2, 0.25) is 0 Å². The highest BCUT2D eigenvalue weighted by Gasteiger charge is 2.69. The first-order chi connectivity index (χ1) is 26.7. The molecule has 0 bridgehead atoms. The summed E-state index contributed by atoms with van der Waals surface area (Å²) in [6.45, 7) is -6.87. The van der Waals surface area contributed by atoms with E-state index in [9.17, 15) is 0 Å². The number of hydrogen-bond donors (Lipinski definition) is 0. The molecule has 0 aliphatic rings. The van der Waals surface area contributed by atoms with E-state index >= 15 is 0 Å². The molecular formula is CB58. The third kappa shape index (κ3) is 15.4. The first-order valence-electron chi connectivity index (χ1n) is 19.2. The SMILES string of the molecule is [B]B([B])B([B])B(B(B([B])[B])B([B])[B])C(B(B(B([B])[B])B([B])[B])B(B([B])[B])B([B])[B])(B(B(B([B])[B])B([B])[B])B(B([B])[B])B([B])[B])B(B(B([B])[B])B([B])[B])B(B([B])[B])B([B])[B]. The van der Waals surface area contributed by atoms with Crippen LogP contribution in [0.2, 0.25) is 5.01 Å². The maximum absolute atomic E-state index is 7.23. The summed E-state index contributed by atoms with van der Waals surface area (Å²) in [5, 5.41) is -2.46. The van der Waals surface area contributed by atoms with Crippen molar-refractivity contribution in [2.24, 2.45) is 0 Å². The minimum Gasteiger partial charge on any atom is -0.169 e. The molecule has 0 N–H and O–H groups in total. The van der Waals surface area contributed by atoms with Crippen LogP contribution in [0.4, 0.5) is 0 Å². The Hall–Kier alpha value is 3.77. The minimum absolute atomic E-state index is 1.53. The minimum atomic E-state index is -2.46. The molecule has 0 heterocycles. The van der Waals surface area contributed by atoms with Crippen molar-refractivity contribution in [2.45, 2.75) is 5.01 Å². The maximum atomic E-state index is 7.23.